The summed E-state index contributed by atoms with van der Waals surface area (Å²) in [6.45, 7) is 2.61. The Kier molecular flexibility index (Phi) is 3.03. The van der Waals surface area contributed by atoms with E-state index in [1.54, 1.807) is 7.11 Å². The van der Waals surface area contributed by atoms with Crippen LogP contribution in [0.4, 0.5) is 0 Å². The fourth-order valence-electron chi connectivity index (χ4n) is 2.24. The Morgan fingerprint density at radius 2 is 2.36 bits per heavy atom. The zero-order chi connectivity index (χ0) is 9.97. The van der Waals surface area contributed by atoms with Crippen LogP contribution in [0.25, 0.3) is 0 Å². The summed E-state index contributed by atoms with van der Waals surface area (Å²) in [5.41, 5.74) is 0. The highest BCUT2D eigenvalue weighted by Gasteiger charge is 2.31. The topological polar surface area (TPSA) is 41.6 Å². The van der Waals surface area contributed by atoms with E-state index in [0.29, 0.717) is 0 Å². The molecule has 0 saturated carbocycles. The van der Waals surface area contributed by atoms with Crippen molar-refractivity contribution in [2.75, 3.05) is 26.7 Å². The lowest BCUT2D eigenvalue weighted by atomic mass is 10.2. The molecule has 14 heavy (non-hydrogen) atoms. The molecule has 0 aromatic carbocycles. The number of hydrogen-bond acceptors (Lipinski definition) is 3. The van der Waals surface area contributed by atoms with Gasteiger partial charge < -0.3 is 15.0 Å². The average molecular weight is 198 g/mol. The maximum atomic E-state index is 11.9. The van der Waals surface area contributed by atoms with Gasteiger partial charge >= 0.3 is 0 Å². The minimum atomic E-state index is 0.0746. The highest BCUT2D eigenvalue weighted by molar-refractivity contribution is 5.82. The van der Waals surface area contributed by atoms with Gasteiger partial charge in [-0.1, -0.05) is 0 Å². The molecular formula is C10H18N2O2. The molecule has 80 valence electrons. The first-order valence-electron chi connectivity index (χ1n) is 5.36. The minimum Gasteiger partial charge on any atom is -0.380 e. The zero-order valence-corrected chi connectivity index (χ0v) is 8.66. The van der Waals surface area contributed by atoms with Crippen LogP contribution >= 0.6 is 0 Å². The first-order chi connectivity index (χ1) is 6.81. The number of methoxy groups -OCH3 is 1. The maximum Gasteiger partial charge on any atom is 0.239 e. The summed E-state index contributed by atoms with van der Waals surface area (Å²) in [7, 11) is 1.71. The molecule has 0 spiro atoms. The van der Waals surface area contributed by atoms with Crippen molar-refractivity contribution in [2.24, 2.45) is 0 Å². The van der Waals surface area contributed by atoms with E-state index in [1.165, 1.54) is 0 Å². The molecule has 0 unspecified atom stereocenters. The van der Waals surface area contributed by atoms with Crippen molar-refractivity contribution in [1.29, 1.82) is 0 Å². The Labute approximate surface area is 84.6 Å². The lowest BCUT2D eigenvalue weighted by molar-refractivity contribution is -0.132. The van der Waals surface area contributed by atoms with Crippen LogP contribution in [0.15, 0.2) is 0 Å². The van der Waals surface area contributed by atoms with Gasteiger partial charge in [0, 0.05) is 20.2 Å². The maximum absolute atomic E-state index is 11.9. The van der Waals surface area contributed by atoms with Crippen LogP contribution in [0.2, 0.25) is 0 Å². The summed E-state index contributed by atoms with van der Waals surface area (Å²) in [6.07, 6.45) is 3.35. The van der Waals surface area contributed by atoms with E-state index in [-0.39, 0.29) is 18.1 Å². The quantitative estimate of drug-likeness (QED) is 0.678. The standard InChI is InChI=1S/C10H18N2O2/c1-14-8-4-6-12(7-8)10(13)9-3-2-5-11-9/h8-9,11H,2-7H2,1H3/t8-,9-/m1/s1. The summed E-state index contributed by atoms with van der Waals surface area (Å²) < 4.78 is 5.24. The van der Waals surface area contributed by atoms with E-state index < -0.39 is 0 Å². The third-order valence-corrected chi connectivity index (χ3v) is 3.15. The molecule has 0 bridgehead atoms. The van der Waals surface area contributed by atoms with Crippen molar-refractivity contribution in [3.8, 4) is 0 Å². The van der Waals surface area contributed by atoms with Gasteiger partial charge in [-0.05, 0) is 25.8 Å². The number of ether oxygens (including phenoxy) is 1. The van der Waals surface area contributed by atoms with E-state index in [1.807, 2.05) is 4.90 Å². The Hall–Kier alpha value is -0.610. The van der Waals surface area contributed by atoms with Crippen molar-refractivity contribution >= 4 is 5.91 Å². The van der Waals surface area contributed by atoms with Crippen LogP contribution in [0, 0.1) is 0 Å². The van der Waals surface area contributed by atoms with Crippen LogP contribution < -0.4 is 5.32 Å². The largest absolute Gasteiger partial charge is 0.380 e. The molecule has 2 atom stereocenters. The van der Waals surface area contributed by atoms with E-state index in [0.717, 1.165) is 38.9 Å². The van der Waals surface area contributed by atoms with Crippen LogP contribution in [-0.4, -0.2) is 49.7 Å². The van der Waals surface area contributed by atoms with Crippen molar-refractivity contribution in [2.45, 2.75) is 31.4 Å². The van der Waals surface area contributed by atoms with Crippen molar-refractivity contribution in [3.05, 3.63) is 0 Å². The first kappa shape index (κ1) is 9.93. The molecule has 0 aromatic heterocycles. The highest BCUT2D eigenvalue weighted by atomic mass is 16.5. The predicted octanol–water partition coefficient (Wildman–Crippen LogP) is -0.0143. The van der Waals surface area contributed by atoms with E-state index in [2.05, 4.69) is 5.32 Å². The van der Waals surface area contributed by atoms with Gasteiger partial charge in [-0.3, -0.25) is 4.79 Å². The third-order valence-electron chi connectivity index (χ3n) is 3.15. The predicted molar refractivity (Wildman–Crippen MR) is 53.0 cm³/mol. The van der Waals surface area contributed by atoms with Gasteiger partial charge in [0.05, 0.1) is 12.1 Å². The molecule has 2 aliphatic rings. The normalized spacial score (nSPS) is 32.5. The molecule has 2 aliphatic heterocycles. The highest BCUT2D eigenvalue weighted by Crippen LogP contribution is 2.16. The van der Waals surface area contributed by atoms with Crippen molar-refractivity contribution < 1.29 is 9.53 Å². The van der Waals surface area contributed by atoms with Gasteiger partial charge in [0.15, 0.2) is 0 Å². The fraction of sp³-hybridized carbons (Fsp3) is 0.900. The average Bonchev–Trinajstić information content (AvgIpc) is 2.88. The van der Waals surface area contributed by atoms with Gasteiger partial charge in [-0.2, -0.15) is 0 Å². The third kappa shape index (κ3) is 1.91. The number of hydrogen-bond donors (Lipinski definition) is 1. The molecule has 2 fully saturated rings. The van der Waals surface area contributed by atoms with Crippen molar-refractivity contribution in [1.82, 2.24) is 10.2 Å². The van der Waals surface area contributed by atoms with Crippen LogP contribution in [0.1, 0.15) is 19.3 Å². The Balaban J connectivity index is 1.86. The minimum absolute atomic E-state index is 0.0746. The molecule has 1 amide bonds. The van der Waals surface area contributed by atoms with Crippen LogP contribution in [-0.2, 0) is 9.53 Å². The summed E-state index contributed by atoms with van der Waals surface area (Å²) in [5.74, 6) is 0.266. The Morgan fingerprint density at radius 3 is 2.93 bits per heavy atom. The number of likely N-dealkylation sites (tertiary alicyclic amines) is 1. The molecule has 1 N–H and O–H groups in total. The number of rotatable bonds is 2. The monoisotopic (exact) mass is 198 g/mol. The number of nitrogens with one attached hydrogen (secondary N) is 1. The molecular weight excluding hydrogens is 180 g/mol. The zero-order valence-electron chi connectivity index (χ0n) is 8.66. The smallest absolute Gasteiger partial charge is 0.239 e. The molecule has 4 heteroatoms. The van der Waals surface area contributed by atoms with Gasteiger partial charge in [-0.25, -0.2) is 0 Å². The number of nitrogens with zero attached hydrogens (tertiary/aromatic N) is 1. The molecule has 4 nitrogen and oxygen atoms in total. The first-order valence-corrected chi connectivity index (χ1v) is 5.36. The van der Waals surface area contributed by atoms with E-state index in [4.69, 9.17) is 4.74 Å². The van der Waals surface area contributed by atoms with Crippen molar-refractivity contribution in [3.63, 3.8) is 0 Å². The molecule has 0 aromatic rings. The lowest BCUT2D eigenvalue weighted by Gasteiger charge is -2.20. The Morgan fingerprint density at radius 1 is 1.50 bits per heavy atom. The molecule has 2 saturated heterocycles. The van der Waals surface area contributed by atoms with Crippen LogP contribution in [0.3, 0.4) is 0 Å². The van der Waals surface area contributed by atoms with Gasteiger partial charge in [0.1, 0.15) is 0 Å². The number of carbonyl (C=O) groups excluding carboxylic acids is 1. The Bertz CT molecular complexity index is 214. The van der Waals surface area contributed by atoms with E-state index in [9.17, 15) is 4.79 Å². The van der Waals surface area contributed by atoms with Gasteiger partial charge in [0.2, 0.25) is 5.91 Å². The summed E-state index contributed by atoms with van der Waals surface area (Å²) in [6, 6.07) is 0.0746. The number of carbonyl (C=O) groups is 1. The second-order valence-electron chi connectivity index (χ2n) is 4.08. The van der Waals surface area contributed by atoms with E-state index >= 15 is 0 Å². The fourth-order valence-corrected chi connectivity index (χ4v) is 2.24. The second kappa shape index (κ2) is 4.28. The SMILES string of the molecule is CO[C@@H]1CCN(C(=O)[C@H]2CCCN2)C1. The lowest BCUT2D eigenvalue weighted by Crippen LogP contribution is -2.42. The molecule has 2 heterocycles. The van der Waals surface area contributed by atoms with Crippen LogP contribution in [0.5, 0.6) is 0 Å². The number of amides is 1. The van der Waals surface area contributed by atoms with Gasteiger partial charge in [-0.15, -0.1) is 0 Å². The summed E-state index contributed by atoms with van der Waals surface area (Å²) in [5, 5.41) is 3.23. The molecule has 2 rings (SSSR count). The second-order valence-corrected chi connectivity index (χ2v) is 4.08. The summed E-state index contributed by atoms with van der Waals surface area (Å²) >= 11 is 0. The molecule has 0 aliphatic carbocycles. The molecule has 0 radical (unpaired) electrons. The summed E-state index contributed by atoms with van der Waals surface area (Å²) in [4.78, 5) is 13.8. The van der Waals surface area contributed by atoms with Gasteiger partial charge in [0.25, 0.3) is 0 Å².